The molecule has 2 aromatic rings. The van der Waals surface area contributed by atoms with Gasteiger partial charge in [0.25, 0.3) is 5.69 Å². The van der Waals surface area contributed by atoms with E-state index in [0.717, 1.165) is 13.0 Å². The van der Waals surface area contributed by atoms with Crippen LogP contribution in [0.1, 0.15) is 20.8 Å². The lowest BCUT2D eigenvalue weighted by Crippen LogP contribution is -2.30. The number of methoxy groups -OCH3 is 1. The predicted molar refractivity (Wildman–Crippen MR) is 83.5 cm³/mol. The molecule has 6 nitrogen and oxygen atoms in total. The Balaban J connectivity index is 1.99. The number of nitro benzene ring substituents is 1. The van der Waals surface area contributed by atoms with E-state index in [9.17, 15) is 14.9 Å². The van der Waals surface area contributed by atoms with Crippen LogP contribution in [0.15, 0.2) is 29.6 Å². The number of benzene rings is 1. The Kier molecular flexibility index (Phi) is 3.81. The van der Waals surface area contributed by atoms with Crippen molar-refractivity contribution in [1.82, 2.24) is 0 Å². The summed E-state index contributed by atoms with van der Waals surface area (Å²) in [7, 11) is 1.28. The van der Waals surface area contributed by atoms with Crippen LogP contribution in [-0.4, -0.2) is 24.5 Å². The number of ether oxygens (including phenoxy) is 1. The molecule has 0 radical (unpaired) electrons. The van der Waals surface area contributed by atoms with Crippen LogP contribution in [0, 0.1) is 10.1 Å². The van der Waals surface area contributed by atoms with Crippen LogP contribution in [0.4, 0.5) is 11.4 Å². The number of thiophene rings is 1. The van der Waals surface area contributed by atoms with Gasteiger partial charge in [-0.25, -0.2) is 4.79 Å². The minimum atomic E-state index is -0.560. The second-order valence-electron chi connectivity index (χ2n) is 4.99. The molecule has 0 N–H and O–H groups in total. The van der Waals surface area contributed by atoms with Crippen molar-refractivity contribution in [2.24, 2.45) is 0 Å². The van der Waals surface area contributed by atoms with Crippen LogP contribution in [-0.2, 0) is 17.7 Å². The summed E-state index contributed by atoms with van der Waals surface area (Å²) in [6, 6.07) is 6.41. The summed E-state index contributed by atoms with van der Waals surface area (Å²) in [5, 5.41) is 13.0. The molecule has 1 aromatic heterocycles. The minimum absolute atomic E-state index is 0.114. The van der Waals surface area contributed by atoms with Crippen molar-refractivity contribution < 1.29 is 14.5 Å². The third kappa shape index (κ3) is 2.55. The van der Waals surface area contributed by atoms with E-state index < -0.39 is 10.9 Å². The topological polar surface area (TPSA) is 72.7 Å². The number of anilines is 1. The molecule has 0 spiro atoms. The van der Waals surface area contributed by atoms with Crippen LogP contribution in [0.2, 0.25) is 0 Å². The first kappa shape index (κ1) is 14.5. The van der Waals surface area contributed by atoms with Crippen molar-refractivity contribution in [2.45, 2.75) is 13.0 Å². The average Bonchev–Trinajstić information content (AvgIpc) is 3.00. The first-order valence-electron chi connectivity index (χ1n) is 6.77. The summed E-state index contributed by atoms with van der Waals surface area (Å²) in [5.74, 6) is -0.560. The van der Waals surface area contributed by atoms with Crippen molar-refractivity contribution in [1.29, 1.82) is 0 Å². The van der Waals surface area contributed by atoms with Gasteiger partial charge in [0.05, 0.1) is 23.3 Å². The van der Waals surface area contributed by atoms with Gasteiger partial charge >= 0.3 is 5.97 Å². The molecule has 0 atom stereocenters. The number of esters is 1. The zero-order chi connectivity index (χ0) is 15.7. The lowest BCUT2D eigenvalue weighted by atomic mass is 10.1. The molecule has 1 aliphatic rings. The largest absolute Gasteiger partial charge is 0.465 e. The van der Waals surface area contributed by atoms with E-state index in [1.54, 1.807) is 17.4 Å². The fourth-order valence-corrected chi connectivity index (χ4v) is 3.53. The van der Waals surface area contributed by atoms with Gasteiger partial charge < -0.3 is 9.64 Å². The van der Waals surface area contributed by atoms with Gasteiger partial charge in [-0.1, -0.05) is 0 Å². The molecule has 0 fully saturated rings. The van der Waals surface area contributed by atoms with Gasteiger partial charge in [-0.2, -0.15) is 0 Å². The number of fused-ring (bicyclic) bond motifs is 1. The van der Waals surface area contributed by atoms with Gasteiger partial charge in [0, 0.05) is 30.1 Å². The summed E-state index contributed by atoms with van der Waals surface area (Å²) in [4.78, 5) is 25.8. The standard InChI is InChI=1S/C15H14N2O4S/c1-21-15(18)12-8-11(17(19)20)2-3-13(12)16-6-4-14-10(9-16)5-7-22-14/h2-3,5,7-8H,4,6,9H2,1H3. The van der Waals surface area contributed by atoms with Crippen molar-refractivity contribution in [3.63, 3.8) is 0 Å². The van der Waals surface area contributed by atoms with E-state index in [0.29, 0.717) is 12.2 Å². The summed E-state index contributed by atoms with van der Waals surface area (Å²) in [5.41, 5.74) is 2.03. The molecule has 1 aliphatic heterocycles. The normalized spacial score (nSPS) is 13.6. The van der Waals surface area contributed by atoms with Crippen molar-refractivity contribution in [3.05, 3.63) is 55.8 Å². The number of rotatable bonds is 3. The van der Waals surface area contributed by atoms with Crippen LogP contribution in [0.3, 0.4) is 0 Å². The first-order valence-corrected chi connectivity index (χ1v) is 7.65. The monoisotopic (exact) mass is 318 g/mol. The van der Waals surface area contributed by atoms with Crippen molar-refractivity contribution in [3.8, 4) is 0 Å². The second kappa shape index (κ2) is 5.76. The summed E-state index contributed by atoms with van der Waals surface area (Å²) >= 11 is 1.74. The molecule has 114 valence electrons. The van der Waals surface area contributed by atoms with Crippen LogP contribution >= 0.6 is 11.3 Å². The summed E-state index contributed by atoms with van der Waals surface area (Å²) < 4.78 is 4.77. The molecule has 0 unspecified atom stereocenters. The van der Waals surface area contributed by atoms with Crippen molar-refractivity contribution in [2.75, 3.05) is 18.6 Å². The molecule has 0 saturated carbocycles. The van der Waals surface area contributed by atoms with E-state index in [1.165, 1.54) is 29.7 Å². The Labute approximate surface area is 131 Å². The van der Waals surface area contributed by atoms with E-state index >= 15 is 0 Å². The number of hydrogen-bond donors (Lipinski definition) is 0. The highest BCUT2D eigenvalue weighted by Gasteiger charge is 2.24. The van der Waals surface area contributed by atoms with E-state index in [-0.39, 0.29) is 11.3 Å². The Morgan fingerprint density at radius 2 is 2.23 bits per heavy atom. The lowest BCUT2D eigenvalue weighted by molar-refractivity contribution is -0.384. The molecule has 3 rings (SSSR count). The second-order valence-corrected chi connectivity index (χ2v) is 5.99. The van der Waals surface area contributed by atoms with E-state index in [2.05, 4.69) is 16.3 Å². The minimum Gasteiger partial charge on any atom is -0.465 e. The maximum Gasteiger partial charge on any atom is 0.340 e. The van der Waals surface area contributed by atoms with Gasteiger partial charge in [0.1, 0.15) is 0 Å². The first-order chi connectivity index (χ1) is 10.6. The Morgan fingerprint density at radius 1 is 1.41 bits per heavy atom. The molecule has 7 heteroatoms. The van der Waals surface area contributed by atoms with Gasteiger partial charge in [0.15, 0.2) is 0 Å². The smallest absolute Gasteiger partial charge is 0.340 e. The highest BCUT2D eigenvalue weighted by Crippen LogP contribution is 2.32. The fraction of sp³-hybridized carbons (Fsp3) is 0.267. The quantitative estimate of drug-likeness (QED) is 0.494. The molecular weight excluding hydrogens is 304 g/mol. The number of hydrogen-bond acceptors (Lipinski definition) is 6. The third-order valence-electron chi connectivity index (χ3n) is 3.74. The molecule has 0 saturated heterocycles. The van der Waals surface area contributed by atoms with Crippen LogP contribution < -0.4 is 4.90 Å². The fourth-order valence-electron chi connectivity index (χ4n) is 2.64. The van der Waals surface area contributed by atoms with Gasteiger partial charge in [-0.05, 0) is 29.5 Å². The average molecular weight is 318 g/mol. The molecule has 1 aromatic carbocycles. The van der Waals surface area contributed by atoms with Gasteiger partial charge in [-0.3, -0.25) is 10.1 Å². The maximum atomic E-state index is 12.0. The molecule has 0 bridgehead atoms. The molecule has 22 heavy (non-hydrogen) atoms. The Morgan fingerprint density at radius 3 is 2.95 bits per heavy atom. The number of nitro groups is 1. The Hall–Kier alpha value is -2.41. The highest BCUT2D eigenvalue weighted by atomic mass is 32.1. The molecular formula is C15H14N2O4S. The molecule has 0 amide bonds. The third-order valence-corrected chi connectivity index (χ3v) is 4.77. The SMILES string of the molecule is COC(=O)c1cc([N+](=O)[O-])ccc1N1CCc2sccc2C1. The zero-order valence-electron chi connectivity index (χ0n) is 11.9. The lowest BCUT2D eigenvalue weighted by Gasteiger charge is -2.30. The molecule has 2 heterocycles. The summed E-state index contributed by atoms with van der Waals surface area (Å²) in [6.45, 7) is 1.47. The highest BCUT2D eigenvalue weighted by molar-refractivity contribution is 7.10. The number of non-ortho nitro benzene ring substituents is 1. The molecule has 0 aliphatic carbocycles. The van der Waals surface area contributed by atoms with E-state index in [1.807, 2.05) is 0 Å². The van der Waals surface area contributed by atoms with Gasteiger partial charge in [0.2, 0.25) is 0 Å². The maximum absolute atomic E-state index is 12.0. The van der Waals surface area contributed by atoms with Gasteiger partial charge in [-0.15, -0.1) is 11.3 Å². The number of carbonyl (C=O) groups is 1. The van der Waals surface area contributed by atoms with Crippen molar-refractivity contribution >= 4 is 28.7 Å². The predicted octanol–water partition coefficient (Wildman–Crippen LogP) is 3.01. The van der Waals surface area contributed by atoms with Crippen LogP contribution in [0.25, 0.3) is 0 Å². The number of nitrogens with zero attached hydrogens (tertiary/aromatic N) is 2. The number of carbonyl (C=O) groups excluding carboxylic acids is 1. The van der Waals surface area contributed by atoms with E-state index in [4.69, 9.17) is 4.74 Å². The van der Waals surface area contributed by atoms with Crippen LogP contribution in [0.5, 0.6) is 0 Å². The zero-order valence-corrected chi connectivity index (χ0v) is 12.8. The summed E-state index contributed by atoms with van der Waals surface area (Å²) in [6.07, 6.45) is 0.907. The Bertz CT molecular complexity index is 741.